The zero-order valence-electron chi connectivity index (χ0n) is 10.1. The van der Waals surface area contributed by atoms with Gasteiger partial charge in [-0.15, -0.1) is 0 Å². The molecule has 0 saturated heterocycles. The molecule has 0 radical (unpaired) electrons. The maximum Gasteiger partial charge on any atom is 0.167 e. The predicted molar refractivity (Wildman–Crippen MR) is 62.4 cm³/mol. The van der Waals surface area contributed by atoms with Gasteiger partial charge in [0.2, 0.25) is 0 Å². The fourth-order valence-corrected chi connectivity index (χ4v) is 1.44. The molecule has 0 fully saturated rings. The second-order valence-electron chi connectivity index (χ2n) is 3.47. The first-order valence-corrected chi connectivity index (χ1v) is 5.69. The Kier molecular flexibility index (Phi) is 5.80. The molecule has 1 aromatic carbocycles. The summed E-state index contributed by atoms with van der Waals surface area (Å²) in [4.78, 5) is 11.8. The molecular formula is C13H17FO3. The Morgan fingerprint density at radius 3 is 2.18 bits per heavy atom. The predicted octanol–water partition coefficient (Wildman–Crippen LogP) is 2.80. The normalized spacial score (nSPS) is 10.8. The number of halogens is 1. The van der Waals surface area contributed by atoms with Crippen molar-refractivity contribution in [3.63, 3.8) is 0 Å². The fraction of sp³-hybridized carbons (Fsp3) is 0.462. The zero-order chi connectivity index (χ0) is 12.7. The molecule has 0 amide bonds. The molecule has 0 unspecified atom stereocenters. The molecule has 0 spiro atoms. The third-order valence-electron chi connectivity index (χ3n) is 2.22. The van der Waals surface area contributed by atoms with E-state index in [0.717, 1.165) is 0 Å². The van der Waals surface area contributed by atoms with Crippen LogP contribution in [0.25, 0.3) is 0 Å². The molecule has 94 valence electrons. The van der Waals surface area contributed by atoms with Crippen LogP contribution in [0, 0.1) is 5.82 Å². The maximum atomic E-state index is 12.7. The quantitative estimate of drug-likeness (QED) is 0.543. The molecule has 17 heavy (non-hydrogen) atoms. The van der Waals surface area contributed by atoms with Crippen LogP contribution in [0.4, 0.5) is 4.39 Å². The number of ether oxygens (including phenoxy) is 2. The van der Waals surface area contributed by atoms with Gasteiger partial charge in [0.25, 0.3) is 0 Å². The van der Waals surface area contributed by atoms with Crippen LogP contribution < -0.4 is 0 Å². The van der Waals surface area contributed by atoms with Crippen molar-refractivity contribution < 1.29 is 18.7 Å². The summed E-state index contributed by atoms with van der Waals surface area (Å²) in [5.41, 5.74) is 0.468. The molecule has 0 aromatic heterocycles. The van der Waals surface area contributed by atoms with Gasteiger partial charge < -0.3 is 9.47 Å². The number of hydrogen-bond donors (Lipinski definition) is 0. The van der Waals surface area contributed by atoms with Crippen molar-refractivity contribution in [1.29, 1.82) is 0 Å². The summed E-state index contributed by atoms with van der Waals surface area (Å²) >= 11 is 0. The van der Waals surface area contributed by atoms with Crippen LogP contribution in [0.5, 0.6) is 0 Å². The van der Waals surface area contributed by atoms with E-state index in [1.807, 2.05) is 13.8 Å². The molecule has 1 rings (SSSR count). The summed E-state index contributed by atoms with van der Waals surface area (Å²) in [5, 5.41) is 0. The molecular weight excluding hydrogens is 223 g/mol. The van der Waals surface area contributed by atoms with Crippen molar-refractivity contribution in [2.45, 2.75) is 26.6 Å². The molecule has 4 heteroatoms. The van der Waals surface area contributed by atoms with Crippen LogP contribution in [-0.2, 0) is 9.47 Å². The Morgan fingerprint density at radius 2 is 1.71 bits per heavy atom. The average Bonchev–Trinajstić information content (AvgIpc) is 2.30. The molecule has 0 saturated carbocycles. The highest BCUT2D eigenvalue weighted by Gasteiger charge is 2.15. The Labute approximate surface area is 101 Å². The first kappa shape index (κ1) is 13.8. The maximum absolute atomic E-state index is 12.7. The van der Waals surface area contributed by atoms with Gasteiger partial charge in [-0.05, 0) is 38.1 Å². The lowest BCUT2D eigenvalue weighted by molar-refractivity contribution is -0.133. The van der Waals surface area contributed by atoms with Crippen LogP contribution in [0.15, 0.2) is 24.3 Å². The minimum absolute atomic E-state index is 0.114. The molecule has 0 bridgehead atoms. The topological polar surface area (TPSA) is 35.5 Å². The number of ketones is 1. The molecule has 0 N–H and O–H groups in total. The van der Waals surface area contributed by atoms with Crippen LogP contribution in [-0.4, -0.2) is 25.3 Å². The van der Waals surface area contributed by atoms with E-state index in [-0.39, 0.29) is 18.0 Å². The standard InChI is InChI=1S/C13H17FO3/c1-3-16-13(17-4-2)9-12(15)10-5-7-11(14)8-6-10/h5-8,13H,3-4,9H2,1-2H3. The average molecular weight is 240 g/mol. The summed E-state index contributed by atoms with van der Waals surface area (Å²) in [6.45, 7) is 4.66. The minimum Gasteiger partial charge on any atom is -0.352 e. The third-order valence-corrected chi connectivity index (χ3v) is 2.22. The lowest BCUT2D eigenvalue weighted by Gasteiger charge is -2.15. The number of rotatable bonds is 7. The van der Waals surface area contributed by atoms with Gasteiger partial charge in [0.1, 0.15) is 5.82 Å². The second kappa shape index (κ2) is 7.14. The number of Topliss-reactive ketones (excluding diaryl/α,β-unsaturated/α-hetero) is 1. The van der Waals surface area contributed by atoms with Gasteiger partial charge in [-0.1, -0.05) is 0 Å². The van der Waals surface area contributed by atoms with E-state index in [4.69, 9.17) is 9.47 Å². The summed E-state index contributed by atoms with van der Waals surface area (Å²) < 4.78 is 23.3. The van der Waals surface area contributed by atoms with Gasteiger partial charge in [0.15, 0.2) is 12.1 Å². The third kappa shape index (κ3) is 4.63. The Hall–Kier alpha value is -1.26. The number of benzene rings is 1. The summed E-state index contributed by atoms with van der Waals surface area (Å²) in [6, 6.07) is 5.46. The number of hydrogen-bond acceptors (Lipinski definition) is 3. The Bertz CT molecular complexity index is 342. The van der Waals surface area contributed by atoms with Crippen LogP contribution >= 0.6 is 0 Å². The van der Waals surface area contributed by atoms with Crippen LogP contribution in [0.3, 0.4) is 0 Å². The highest BCUT2D eigenvalue weighted by atomic mass is 19.1. The lowest BCUT2D eigenvalue weighted by Crippen LogP contribution is -2.21. The second-order valence-corrected chi connectivity index (χ2v) is 3.47. The van der Waals surface area contributed by atoms with E-state index in [1.165, 1.54) is 24.3 Å². The number of carbonyl (C=O) groups excluding carboxylic acids is 1. The van der Waals surface area contributed by atoms with E-state index in [9.17, 15) is 9.18 Å². The van der Waals surface area contributed by atoms with Crippen molar-refractivity contribution in [3.8, 4) is 0 Å². The first-order valence-electron chi connectivity index (χ1n) is 5.69. The minimum atomic E-state index is -0.525. The molecule has 0 aliphatic heterocycles. The van der Waals surface area contributed by atoms with Gasteiger partial charge >= 0.3 is 0 Å². The van der Waals surface area contributed by atoms with Crippen molar-refractivity contribution in [3.05, 3.63) is 35.6 Å². The zero-order valence-corrected chi connectivity index (χ0v) is 10.1. The SMILES string of the molecule is CCOC(CC(=O)c1ccc(F)cc1)OCC. The van der Waals surface area contributed by atoms with Crippen molar-refractivity contribution >= 4 is 5.78 Å². The monoisotopic (exact) mass is 240 g/mol. The molecule has 1 aromatic rings. The van der Waals surface area contributed by atoms with Crippen LogP contribution in [0.1, 0.15) is 30.6 Å². The Balaban J connectivity index is 2.60. The van der Waals surface area contributed by atoms with Gasteiger partial charge in [0.05, 0.1) is 6.42 Å². The van der Waals surface area contributed by atoms with Crippen molar-refractivity contribution in [2.75, 3.05) is 13.2 Å². The van der Waals surface area contributed by atoms with E-state index >= 15 is 0 Å². The van der Waals surface area contributed by atoms with Gasteiger partial charge in [-0.3, -0.25) is 4.79 Å². The largest absolute Gasteiger partial charge is 0.352 e. The van der Waals surface area contributed by atoms with E-state index in [0.29, 0.717) is 18.8 Å². The van der Waals surface area contributed by atoms with Crippen molar-refractivity contribution in [1.82, 2.24) is 0 Å². The van der Waals surface area contributed by atoms with Gasteiger partial charge in [-0.25, -0.2) is 4.39 Å². The van der Waals surface area contributed by atoms with Gasteiger partial charge in [-0.2, -0.15) is 0 Å². The highest BCUT2D eigenvalue weighted by molar-refractivity contribution is 5.96. The summed E-state index contributed by atoms with van der Waals surface area (Å²) in [5.74, 6) is -0.468. The van der Waals surface area contributed by atoms with E-state index in [1.54, 1.807) is 0 Å². The highest BCUT2D eigenvalue weighted by Crippen LogP contribution is 2.10. The summed E-state index contributed by atoms with van der Waals surface area (Å²) in [7, 11) is 0. The van der Waals surface area contributed by atoms with Crippen LogP contribution in [0.2, 0.25) is 0 Å². The number of carbonyl (C=O) groups is 1. The molecule has 0 aliphatic carbocycles. The lowest BCUT2D eigenvalue weighted by atomic mass is 10.1. The van der Waals surface area contributed by atoms with E-state index in [2.05, 4.69) is 0 Å². The van der Waals surface area contributed by atoms with Gasteiger partial charge in [0, 0.05) is 18.8 Å². The van der Waals surface area contributed by atoms with E-state index < -0.39 is 6.29 Å². The summed E-state index contributed by atoms with van der Waals surface area (Å²) in [6.07, 6.45) is -0.379. The fourth-order valence-electron chi connectivity index (χ4n) is 1.44. The molecule has 0 aliphatic rings. The Morgan fingerprint density at radius 1 is 1.18 bits per heavy atom. The molecule has 0 heterocycles. The first-order chi connectivity index (χ1) is 8.17. The molecule has 0 atom stereocenters. The van der Waals surface area contributed by atoms with Crippen molar-refractivity contribution in [2.24, 2.45) is 0 Å². The smallest absolute Gasteiger partial charge is 0.167 e. The molecule has 3 nitrogen and oxygen atoms in total.